The molecule has 1 heterocycles. The van der Waals surface area contributed by atoms with Gasteiger partial charge in [0.05, 0.1) is 19.6 Å². The molecule has 2 aromatic rings. The molecule has 0 bridgehead atoms. The van der Waals surface area contributed by atoms with Gasteiger partial charge in [0.1, 0.15) is 11.6 Å². The third-order valence-electron chi connectivity index (χ3n) is 4.31. The van der Waals surface area contributed by atoms with Crippen LogP contribution in [-0.4, -0.2) is 32.0 Å². The maximum Gasteiger partial charge on any atom is 0.227 e. The van der Waals surface area contributed by atoms with Crippen molar-refractivity contribution in [2.45, 2.75) is 6.42 Å². The number of amides is 2. The largest absolute Gasteiger partial charge is 0.497 e. The van der Waals surface area contributed by atoms with Gasteiger partial charge in [-0.25, -0.2) is 4.39 Å². The monoisotopic (exact) mass is 366 g/mol. The maximum absolute atomic E-state index is 13.0. The highest BCUT2D eigenvalue weighted by Crippen LogP contribution is 2.25. The first kappa shape index (κ1) is 18.5. The Morgan fingerprint density at radius 1 is 1.22 bits per heavy atom. The van der Waals surface area contributed by atoms with Crippen LogP contribution in [0.3, 0.4) is 0 Å². The molecule has 0 aliphatic carbocycles. The van der Waals surface area contributed by atoms with E-state index < -0.39 is 5.92 Å². The van der Waals surface area contributed by atoms with Crippen LogP contribution in [0.5, 0.6) is 5.75 Å². The average molecular weight is 366 g/mol. The molecule has 0 spiro atoms. The Kier molecular flexibility index (Phi) is 5.72. The molecule has 3 rings (SSSR count). The van der Waals surface area contributed by atoms with Gasteiger partial charge in [-0.2, -0.15) is 0 Å². The Morgan fingerprint density at radius 2 is 1.93 bits per heavy atom. The second kappa shape index (κ2) is 8.37. The Morgan fingerprint density at radius 3 is 2.59 bits per heavy atom. The van der Waals surface area contributed by atoms with E-state index in [0.717, 1.165) is 11.3 Å². The lowest BCUT2D eigenvalue weighted by Gasteiger charge is -2.16. The van der Waals surface area contributed by atoms with E-state index >= 15 is 0 Å². The average Bonchev–Trinajstić information content (AvgIpc) is 3.08. The number of halogens is 1. The van der Waals surface area contributed by atoms with Crippen LogP contribution in [0, 0.1) is 23.6 Å². The number of hydrogen-bond donors (Lipinski definition) is 1. The zero-order valence-electron chi connectivity index (χ0n) is 14.9. The van der Waals surface area contributed by atoms with E-state index in [0.29, 0.717) is 5.69 Å². The van der Waals surface area contributed by atoms with Crippen LogP contribution in [0.1, 0.15) is 12.0 Å². The quantitative estimate of drug-likeness (QED) is 0.845. The fraction of sp³-hybridized carbons (Fsp3) is 0.238. The number of rotatable bonds is 4. The van der Waals surface area contributed by atoms with Crippen LogP contribution in [0.4, 0.5) is 10.1 Å². The van der Waals surface area contributed by atoms with Crippen molar-refractivity contribution >= 4 is 17.5 Å². The molecule has 1 N–H and O–H groups in total. The molecule has 1 saturated heterocycles. The number of ether oxygens (including phenoxy) is 1. The minimum absolute atomic E-state index is 0.134. The lowest BCUT2D eigenvalue weighted by atomic mass is 10.1. The minimum atomic E-state index is -0.440. The molecule has 5 nitrogen and oxygen atoms in total. The van der Waals surface area contributed by atoms with E-state index in [9.17, 15) is 14.0 Å². The number of nitrogens with zero attached hydrogens (tertiary/aromatic N) is 1. The number of carbonyl (C=O) groups excluding carboxylic acids is 2. The summed E-state index contributed by atoms with van der Waals surface area (Å²) >= 11 is 0. The second-order valence-corrected chi connectivity index (χ2v) is 6.13. The number of benzene rings is 2. The molecule has 1 aliphatic rings. The first-order valence-electron chi connectivity index (χ1n) is 8.53. The Balaban J connectivity index is 1.52. The summed E-state index contributed by atoms with van der Waals surface area (Å²) in [5.41, 5.74) is 1.42. The van der Waals surface area contributed by atoms with Crippen LogP contribution in [-0.2, 0) is 9.59 Å². The summed E-state index contributed by atoms with van der Waals surface area (Å²) < 4.78 is 18.1. The highest BCUT2D eigenvalue weighted by atomic mass is 19.1. The molecule has 138 valence electrons. The van der Waals surface area contributed by atoms with Crippen LogP contribution in [0.15, 0.2) is 48.5 Å². The van der Waals surface area contributed by atoms with Crippen LogP contribution in [0.25, 0.3) is 0 Å². The standard InChI is InChI=1S/C21H19FN2O3/c1-27-19-10-4-15(5-11-19)3-2-12-23-21(26)16-13-20(25)24(14-16)18-8-6-17(22)7-9-18/h4-11,16H,12-14H2,1H3,(H,23,26). The summed E-state index contributed by atoms with van der Waals surface area (Å²) in [4.78, 5) is 25.9. The van der Waals surface area contributed by atoms with Crippen LogP contribution >= 0.6 is 0 Å². The molecule has 6 heteroatoms. The van der Waals surface area contributed by atoms with Crippen molar-refractivity contribution in [1.29, 1.82) is 0 Å². The lowest BCUT2D eigenvalue weighted by molar-refractivity contribution is -0.126. The SMILES string of the molecule is COc1ccc(C#CCNC(=O)C2CC(=O)N(c3ccc(F)cc3)C2)cc1. The van der Waals surface area contributed by atoms with Gasteiger partial charge < -0.3 is 15.0 Å². The zero-order chi connectivity index (χ0) is 19.2. The normalized spacial score (nSPS) is 15.9. The lowest BCUT2D eigenvalue weighted by Crippen LogP contribution is -2.33. The van der Waals surface area contributed by atoms with Gasteiger partial charge in [0.2, 0.25) is 11.8 Å². The summed E-state index contributed by atoms with van der Waals surface area (Å²) in [6.45, 7) is 0.480. The molecule has 1 unspecified atom stereocenters. The third-order valence-corrected chi connectivity index (χ3v) is 4.31. The first-order chi connectivity index (χ1) is 13.1. The molecule has 27 heavy (non-hydrogen) atoms. The van der Waals surface area contributed by atoms with Gasteiger partial charge in [-0.15, -0.1) is 0 Å². The molecule has 2 aromatic carbocycles. The summed E-state index contributed by atoms with van der Waals surface area (Å²) in [6, 6.07) is 13.0. The molecule has 1 aliphatic heterocycles. The Hall–Kier alpha value is -3.33. The predicted octanol–water partition coefficient (Wildman–Crippen LogP) is 2.36. The van der Waals surface area contributed by atoms with Crippen molar-refractivity contribution in [1.82, 2.24) is 5.32 Å². The van der Waals surface area contributed by atoms with E-state index in [1.54, 1.807) is 7.11 Å². The number of hydrogen-bond acceptors (Lipinski definition) is 3. The molecule has 2 amide bonds. The van der Waals surface area contributed by atoms with Gasteiger partial charge in [0.15, 0.2) is 0 Å². The van der Waals surface area contributed by atoms with Crippen LogP contribution in [0.2, 0.25) is 0 Å². The van der Waals surface area contributed by atoms with Gasteiger partial charge >= 0.3 is 0 Å². The van der Waals surface area contributed by atoms with Gasteiger partial charge in [0, 0.05) is 24.2 Å². The molecule has 1 atom stereocenters. The highest BCUT2D eigenvalue weighted by molar-refractivity contribution is 6.00. The van der Waals surface area contributed by atoms with E-state index in [2.05, 4.69) is 17.2 Å². The molecule has 0 aromatic heterocycles. The van der Waals surface area contributed by atoms with Crippen molar-refractivity contribution in [3.63, 3.8) is 0 Å². The molecular weight excluding hydrogens is 347 g/mol. The zero-order valence-corrected chi connectivity index (χ0v) is 14.9. The third kappa shape index (κ3) is 4.64. The summed E-state index contributed by atoms with van der Waals surface area (Å²) in [5, 5.41) is 2.74. The van der Waals surface area contributed by atoms with Crippen LogP contribution < -0.4 is 15.0 Å². The summed E-state index contributed by atoms with van der Waals surface area (Å²) in [5.74, 6) is 5.44. The number of nitrogens with one attached hydrogen (secondary N) is 1. The number of carbonyl (C=O) groups is 2. The van der Waals surface area contributed by atoms with E-state index in [4.69, 9.17) is 4.74 Å². The molecule has 0 saturated carbocycles. The van der Waals surface area contributed by atoms with Gasteiger partial charge in [-0.1, -0.05) is 11.8 Å². The number of methoxy groups -OCH3 is 1. The van der Waals surface area contributed by atoms with Crippen molar-refractivity contribution in [3.05, 3.63) is 59.9 Å². The van der Waals surface area contributed by atoms with E-state index in [-0.39, 0.29) is 37.1 Å². The minimum Gasteiger partial charge on any atom is -0.497 e. The molecular formula is C21H19FN2O3. The van der Waals surface area contributed by atoms with Gasteiger partial charge in [0.25, 0.3) is 0 Å². The van der Waals surface area contributed by atoms with Crippen molar-refractivity contribution in [3.8, 4) is 17.6 Å². The fourth-order valence-electron chi connectivity index (χ4n) is 2.85. The Bertz CT molecular complexity index is 882. The van der Waals surface area contributed by atoms with E-state index in [1.807, 2.05) is 24.3 Å². The van der Waals surface area contributed by atoms with Crippen molar-refractivity contribution < 1.29 is 18.7 Å². The highest BCUT2D eigenvalue weighted by Gasteiger charge is 2.34. The second-order valence-electron chi connectivity index (χ2n) is 6.13. The fourth-order valence-corrected chi connectivity index (χ4v) is 2.85. The summed E-state index contributed by atoms with van der Waals surface area (Å²) in [6.07, 6.45) is 0.134. The van der Waals surface area contributed by atoms with Crippen molar-refractivity contribution in [2.75, 3.05) is 25.1 Å². The molecule has 0 radical (unpaired) electrons. The van der Waals surface area contributed by atoms with Gasteiger partial charge in [-0.05, 0) is 48.5 Å². The van der Waals surface area contributed by atoms with Gasteiger partial charge in [-0.3, -0.25) is 9.59 Å². The van der Waals surface area contributed by atoms with Crippen molar-refractivity contribution in [2.24, 2.45) is 5.92 Å². The Labute approximate surface area is 157 Å². The first-order valence-corrected chi connectivity index (χ1v) is 8.53. The number of anilines is 1. The smallest absolute Gasteiger partial charge is 0.227 e. The molecule has 1 fully saturated rings. The topological polar surface area (TPSA) is 58.6 Å². The van der Waals surface area contributed by atoms with E-state index in [1.165, 1.54) is 29.2 Å². The predicted molar refractivity (Wildman–Crippen MR) is 99.7 cm³/mol. The summed E-state index contributed by atoms with van der Waals surface area (Å²) in [7, 11) is 1.60. The maximum atomic E-state index is 13.0.